The van der Waals surface area contributed by atoms with Gasteiger partial charge in [-0.15, -0.1) is 0 Å². The van der Waals surface area contributed by atoms with Crippen molar-refractivity contribution < 1.29 is 8.91 Å². The van der Waals surface area contributed by atoms with Crippen molar-refractivity contribution in [1.82, 2.24) is 24.1 Å². The van der Waals surface area contributed by atoms with Gasteiger partial charge >= 0.3 is 0 Å². The van der Waals surface area contributed by atoms with Crippen LogP contribution in [0.15, 0.2) is 33.8 Å². The maximum Gasteiger partial charge on any atom is 0.278 e. The summed E-state index contributed by atoms with van der Waals surface area (Å²) < 4.78 is 23.1. The first kappa shape index (κ1) is 17.1. The van der Waals surface area contributed by atoms with E-state index in [4.69, 9.17) is 4.52 Å². The maximum absolute atomic E-state index is 14.6. The minimum absolute atomic E-state index is 0.223. The van der Waals surface area contributed by atoms with Crippen LogP contribution in [0, 0.1) is 5.82 Å². The van der Waals surface area contributed by atoms with Gasteiger partial charge in [0.1, 0.15) is 28.9 Å². The predicted molar refractivity (Wildman–Crippen MR) is 102 cm³/mol. The number of imidazole rings is 1. The molecule has 0 amide bonds. The summed E-state index contributed by atoms with van der Waals surface area (Å²) in [5.74, 6) is 0.734. The number of halogens is 1. The van der Waals surface area contributed by atoms with Crippen molar-refractivity contribution >= 4 is 16.6 Å². The molecular weight excluding hydrogens is 361 g/mol. The van der Waals surface area contributed by atoms with Crippen LogP contribution >= 0.6 is 0 Å². The molecule has 0 atom stereocenters. The topological polar surface area (TPSA) is 78.2 Å². The Kier molecular flexibility index (Phi) is 3.82. The van der Waals surface area contributed by atoms with E-state index in [0.29, 0.717) is 28.4 Å². The molecule has 1 aliphatic rings. The molecule has 4 aromatic rings. The zero-order chi connectivity index (χ0) is 19.4. The van der Waals surface area contributed by atoms with E-state index in [0.717, 1.165) is 25.7 Å². The van der Waals surface area contributed by atoms with Crippen LogP contribution in [0.3, 0.4) is 0 Å². The summed E-state index contributed by atoms with van der Waals surface area (Å²) in [5, 5.41) is 4.08. The SMILES string of the molecule is CC(C)n1c(=O)c2c(-c3noc(C4CCCC4)n3)ncn2c2cccc(F)c21. The van der Waals surface area contributed by atoms with Gasteiger partial charge in [-0.05, 0) is 38.8 Å². The molecule has 5 rings (SSSR count). The predicted octanol–water partition coefficient (Wildman–Crippen LogP) is 4.08. The molecule has 7 nitrogen and oxygen atoms in total. The number of nitrogens with zero attached hydrogens (tertiary/aromatic N) is 5. The molecule has 1 fully saturated rings. The van der Waals surface area contributed by atoms with E-state index in [1.54, 1.807) is 16.5 Å². The van der Waals surface area contributed by atoms with Crippen LogP contribution < -0.4 is 5.56 Å². The zero-order valence-corrected chi connectivity index (χ0v) is 15.7. The Bertz CT molecular complexity index is 1250. The summed E-state index contributed by atoms with van der Waals surface area (Å²) in [6.07, 6.45) is 5.91. The van der Waals surface area contributed by atoms with Gasteiger partial charge in [-0.25, -0.2) is 9.37 Å². The van der Waals surface area contributed by atoms with Crippen LogP contribution in [0.25, 0.3) is 28.1 Å². The van der Waals surface area contributed by atoms with Crippen molar-refractivity contribution in [3.05, 3.63) is 46.6 Å². The third kappa shape index (κ3) is 2.40. The lowest BCUT2D eigenvalue weighted by molar-refractivity contribution is 0.354. The summed E-state index contributed by atoms with van der Waals surface area (Å²) in [5.41, 5.74) is 1.19. The first-order valence-electron chi connectivity index (χ1n) is 9.60. The molecule has 0 radical (unpaired) electrons. The van der Waals surface area contributed by atoms with Crippen LogP contribution in [0.2, 0.25) is 0 Å². The van der Waals surface area contributed by atoms with Gasteiger partial charge in [0.15, 0.2) is 0 Å². The van der Waals surface area contributed by atoms with E-state index in [-0.39, 0.29) is 23.0 Å². The van der Waals surface area contributed by atoms with Crippen molar-refractivity contribution in [2.45, 2.75) is 51.5 Å². The second kappa shape index (κ2) is 6.25. The molecule has 0 saturated heterocycles. The molecule has 28 heavy (non-hydrogen) atoms. The summed E-state index contributed by atoms with van der Waals surface area (Å²) in [4.78, 5) is 22.2. The molecule has 0 spiro atoms. The van der Waals surface area contributed by atoms with Gasteiger partial charge in [0, 0.05) is 12.0 Å². The molecule has 144 valence electrons. The highest BCUT2D eigenvalue weighted by atomic mass is 19.1. The van der Waals surface area contributed by atoms with E-state index >= 15 is 0 Å². The molecule has 1 saturated carbocycles. The van der Waals surface area contributed by atoms with Crippen LogP contribution in [-0.4, -0.2) is 24.1 Å². The van der Waals surface area contributed by atoms with Crippen molar-refractivity contribution in [3.8, 4) is 11.5 Å². The largest absolute Gasteiger partial charge is 0.339 e. The van der Waals surface area contributed by atoms with Crippen molar-refractivity contribution in [2.75, 3.05) is 0 Å². The number of fused-ring (bicyclic) bond motifs is 3. The van der Waals surface area contributed by atoms with Crippen LogP contribution in [-0.2, 0) is 0 Å². The second-order valence-corrected chi connectivity index (χ2v) is 7.63. The average Bonchev–Trinajstić information content (AvgIpc) is 3.41. The molecular formula is C20H20FN5O2. The van der Waals surface area contributed by atoms with Gasteiger partial charge < -0.3 is 4.52 Å². The van der Waals surface area contributed by atoms with Crippen molar-refractivity contribution in [2.24, 2.45) is 0 Å². The van der Waals surface area contributed by atoms with Gasteiger partial charge in [-0.1, -0.05) is 24.1 Å². The molecule has 3 heterocycles. The minimum atomic E-state index is -0.441. The molecule has 3 aromatic heterocycles. The van der Waals surface area contributed by atoms with Crippen molar-refractivity contribution in [1.29, 1.82) is 0 Å². The molecule has 0 unspecified atom stereocenters. The van der Waals surface area contributed by atoms with E-state index in [9.17, 15) is 9.18 Å². The fraction of sp³-hybridized carbons (Fsp3) is 0.400. The van der Waals surface area contributed by atoms with Crippen molar-refractivity contribution in [3.63, 3.8) is 0 Å². The Morgan fingerprint density at radius 3 is 2.75 bits per heavy atom. The van der Waals surface area contributed by atoms with Crippen LogP contribution in [0.5, 0.6) is 0 Å². The lowest BCUT2D eigenvalue weighted by Gasteiger charge is -2.16. The standard InChI is InChI=1S/C20H20FN5O2/c1-11(2)26-16-13(21)8-5-9-14(16)25-10-22-15(17(25)20(26)27)18-23-19(28-24-18)12-6-3-4-7-12/h5,8-12H,3-4,6-7H2,1-2H3. The van der Waals surface area contributed by atoms with E-state index in [1.165, 1.54) is 17.0 Å². The summed E-state index contributed by atoms with van der Waals surface area (Å²) in [6.45, 7) is 3.71. The van der Waals surface area contributed by atoms with Gasteiger partial charge in [0.2, 0.25) is 11.7 Å². The number of hydrogen-bond donors (Lipinski definition) is 0. The van der Waals surface area contributed by atoms with Crippen LogP contribution in [0.4, 0.5) is 4.39 Å². The van der Waals surface area contributed by atoms with E-state index in [2.05, 4.69) is 15.1 Å². The Labute approximate surface area is 159 Å². The molecule has 0 N–H and O–H groups in total. The van der Waals surface area contributed by atoms with E-state index < -0.39 is 5.82 Å². The number of rotatable bonds is 3. The number of benzene rings is 1. The Morgan fingerprint density at radius 1 is 1.21 bits per heavy atom. The summed E-state index contributed by atoms with van der Waals surface area (Å²) >= 11 is 0. The first-order chi connectivity index (χ1) is 13.6. The summed E-state index contributed by atoms with van der Waals surface area (Å²) in [7, 11) is 0. The first-order valence-corrected chi connectivity index (χ1v) is 9.60. The number of hydrogen-bond acceptors (Lipinski definition) is 5. The van der Waals surface area contributed by atoms with Gasteiger partial charge in [-0.3, -0.25) is 13.8 Å². The smallest absolute Gasteiger partial charge is 0.278 e. The highest BCUT2D eigenvalue weighted by Gasteiger charge is 2.26. The fourth-order valence-corrected chi connectivity index (χ4v) is 4.21. The lowest BCUT2D eigenvalue weighted by Crippen LogP contribution is -2.25. The molecule has 1 aliphatic carbocycles. The number of para-hydroxylation sites is 1. The molecule has 8 heteroatoms. The fourth-order valence-electron chi connectivity index (χ4n) is 4.21. The lowest BCUT2D eigenvalue weighted by atomic mass is 10.1. The Hall–Kier alpha value is -3.03. The average molecular weight is 381 g/mol. The second-order valence-electron chi connectivity index (χ2n) is 7.63. The van der Waals surface area contributed by atoms with E-state index in [1.807, 2.05) is 13.8 Å². The minimum Gasteiger partial charge on any atom is -0.339 e. The third-order valence-corrected chi connectivity index (χ3v) is 5.53. The van der Waals surface area contributed by atoms with Gasteiger partial charge in [-0.2, -0.15) is 4.98 Å². The quantitative estimate of drug-likeness (QED) is 0.534. The highest BCUT2D eigenvalue weighted by molar-refractivity contribution is 5.84. The third-order valence-electron chi connectivity index (χ3n) is 5.53. The number of aromatic nitrogens is 5. The Morgan fingerprint density at radius 2 is 2.00 bits per heavy atom. The Balaban J connectivity index is 1.78. The highest BCUT2D eigenvalue weighted by Crippen LogP contribution is 2.34. The molecule has 0 aliphatic heterocycles. The van der Waals surface area contributed by atoms with Gasteiger partial charge in [0.05, 0.1) is 5.52 Å². The summed E-state index contributed by atoms with van der Waals surface area (Å²) in [6, 6.07) is 4.53. The molecule has 0 bridgehead atoms. The zero-order valence-electron chi connectivity index (χ0n) is 15.7. The normalized spacial score (nSPS) is 15.4. The van der Waals surface area contributed by atoms with Crippen LogP contribution in [0.1, 0.15) is 57.4 Å². The van der Waals surface area contributed by atoms with Gasteiger partial charge in [0.25, 0.3) is 5.56 Å². The molecule has 1 aromatic carbocycles. The maximum atomic E-state index is 14.6. The monoisotopic (exact) mass is 381 g/mol.